The summed E-state index contributed by atoms with van der Waals surface area (Å²) in [4.78, 5) is 12.1. The summed E-state index contributed by atoms with van der Waals surface area (Å²) in [6.07, 6.45) is 4.33. The number of nitrogens with one attached hydrogen (secondary N) is 1. The second kappa shape index (κ2) is 11.2. The number of hydrogen-bond donors (Lipinski definition) is 1. The Bertz CT molecular complexity index is 882. The number of carbonyl (C=O) groups is 1. The molecule has 29 heavy (non-hydrogen) atoms. The van der Waals surface area contributed by atoms with Gasteiger partial charge in [-0.3, -0.25) is 10.1 Å². The Morgan fingerprint density at radius 2 is 1.69 bits per heavy atom. The van der Waals surface area contributed by atoms with Crippen molar-refractivity contribution in [2.24, 2.45) is 0 Å². The van der Waals surface area contributed by atoms with Gasteiger partial charge in [0.25, 0.3) is 5.91 Å². The van der Waals surface area contributed by atoms with Crippen LogP contribution in [-0.2, 0) is 17.8 Å². The topological polar surface area (TPSA) is 73.3 Å². The first-order valence-corrected chi connectivity index (χ1v) is 10.6. The standard InChI is InChI=1S/C22H25N3O3S/c1-2-3-5-10-21-24-25-22(29-21)23-20(26)16-28-19-13-11-18(12-14-19)27-15-17-8-6-4-7-9-17/h4,6-9,11-14H,2-3,5,10,15-16H2,1H3,(H,23,25,26). The van der Waals surface area contributed by atoms with Gasteiger partial charge >= 0.3 is 0 Å². The third-order valence-electron chi connectivity index (χ3n) is 4.15. The Labute approximate surface area is 174 Å². The van der Waals surface area contributed by atoms with Crippen molar-refractivity contribution in [3.63, 3.8) is 0 Å². The Balaban J connectivity index is 1.39. The van der Waals surface area contributed by atoms with Crippen LogP contribution < -0.4 is 14.8 Å². The zero-order valence-electron chi connectivity index (χ0n) is 16.5. The molecule has 1 amide bonds. The van der Waals surface area contributed by atoms with E-state index < -0.39 is 0 Å². The first-order chi connectivity index (χ1) is 14.2. The summed E-state index contributed by atoms with van der Waals surface area (Å²) in [6.45, 7) is 2.58. The van der Waals surface area contributed by atoms with Crippen molar-refractivity contribution in [1.82, 2.24) is 10.2 Å². The molecule has 1 aromatic heterocycles. The Morgan fingerprint density at radius 3 is 2.41 bits per heavy atom. The van der Waals surface area contributed by atoms with Crippen LogP contribution in [0.3, 0.4) is 0 Å². The number of anilines is 1. The van der Waals surface area contributed by atoms with Crippen LogP contribution in [0.4, 0.5) is 5.13 Å². The quantitative estimate of drug-likeness (QED) is 0.456. The van der Waals surface area contributed by atoms with Crippen molar-refractivity contribution in [3.05, 3.63) is 65.2 Å². The lowest BCUT2D eigenvalue weighted by Gasteiger charge is -2.08. The maximum absolute atomic E-state index is 12.1. The van der Waals surface area contributed by atoms with Crippen molar-refractivity contribution in [3.8, 4) is 11.5 Å². The summed E-state index contributed by atoms with van der Waals surface area (Å²) >= 11 is 1.41. The summed E-state index contributed by atoms with van der Waals surface area (Å²) in [7, 11) is 0. The van der Waals surface area contributed by atoms with Crippen molar-refractivity contribution < 1.29 is 14.3 Å². The van der Waals surface area contributed by atoms with Gasteiger partial charge in [0.05, 0.1) is 0 Å². The molecule has 0 atom stereocenters. The second-order valence-corrected chi connectivity index (χ2v) is 7.60. The summed E-state index contributed by atoms with van der Waals surface area (Å²) in [6, 6.07) is 17.2. The molecule has 1 heterocycles. The van der Waals surface area contributed by atoms with E-state index in [0.29, 0.717) is 17.5 Å². The lowest BCUT2D eigenvalue weighted by atomic mass is 10.2. The summed E-state index contributed by atoms with van der Waals surface area (Å²) in [5, 5.41) is 12.3. The van der Waals surface area contributed by atoms with Crippen LogP contribution in [0.5, 0.6) is 11.5 Å². The summed E-state index contributed by atoms with van der Waals surface area (Å²) in [5.41, 5.74) is 1.11. The van der Waals surface area contributed by atoms with Crippen LogP contribution in [0.25, 0.3) is 0 Å². The highest BCUT2D eigenvalue weighted by molar-refractivity contribution is 7.15. The molecule has 0 aliphatic carbocycles. The lowest BCUT2D eigenvalue weighted by molar-refractivity contribution is -0.118. The fourth-order valence-electron chi connectivity index (χ4n) is 2.61. The van der Waals surface area contributed by atoms with Gasteiger partial charge in [-0.25, -0.2) is 0 Å². The molecule has 0 saturated carbocycles. The first kappa shape index (κ1) is 20.8. The number of nitrogens with zero attached hydrogens (tertiary/aromatic N) is 2. The maximum Gasteiger partial charge on any atom is 0.264 e. The summed E-state index contributed by atoms with van der Waals surface area (Å²) in [5.74, 6) is 1.09. The number of unbranched alkanes of at least 4 members (excludes halogenated alkanes) is 2. The molecule has 2 aromatic carbocycles. The number of hydrogen-bond acceptors (Lipinski definition) is 6. The maximum atomic E-state index is 12.1. The molecule has 0 spiro atoms. The Morgan fingerprint density at radius 1 is 0.966 bits per heavy atom. The fraction of sp³-hybridized carbons (Fsp3) is 0.318. The largest absolute Gasteiger partial charge is 0.489 e. The van der Waals surface area contributed by atoms with Gasteiger partial charge in [0, 0.05) is 6.42 Å². The van der Waals surface area contributed by atoms with E-state index in [-0.39, 0.29) is 12.5 Å². The van der Waals surface area contributed by atoms with Crippen molar-refractivity contribution >= 4 is 22.4 Å². The average Bonchev–Trinajstić information content (AvgIpc) is 3.19. The van der Waals surface area contributed by atoms with E-state index in [2.05, 4.69) is 22.4 Å². The number of rotatable bonds is 11. The number of aromatic nitrogens is 2. The van der Waals surface area contributed by atoms with E-state index in [0.717, 1.165) is 29.2 Å². The highest BCUT2D eigenvalue weighted by atomic mass is 32.1. The number of carbonyl (C=O) groups excluding carboxylic acids is 1. The minimum Gasteiger partial charge on any atom is -0.489 e. The Kier molecular flexibility index (Phi) is 8.01. The molecule has 7 heteroatoms. The van der Waals surface area contributed by atoms with Crippen molar-refractivity contribution in [2.75, 3.05) is 11.9 Å². The molecule has 0 aliphatic rings. The van der Waals surface area contributed by atoms with E-state index in [9.17, 15) is 4.79 Å². The van der Waals surface area contributed by atoms with Crippen LogP contribution in [0, 0.1) is 0 Å². The SMILES string of the molecule is CCCCCc1nnc(NC(=O)COc2ccc(OCc3ccccc3)cc2)s1. The second-order valence-electron chi connectivity index (χ2n) is 6.54. The molecule has 0 radical (unpaired) electrons. The normalized spacial score (nSPS) is 10.5. The molecule has 6 nitrogen and oxygen atoms in total. The van der Waals surface area contributed by atoms with Gasteiger partial charge in [-0.05, 0) is 36.2 Å². The number of ether oxygens (including phenoxy) is 2. The third-order valence-corrected chi connectivity index (χ3v) is 5.05. The van der Waals surface area contributed by atoms with E-state index in [1.165, 1.54) is 24.2 Å². The molecular formula is C22H25N3O3S. The van der Waals surface area contributed by atoms with Crippen LogP contribution in [0.1, 0.15) is 36.8 Å². The minimum absolute atomic E-state index is 0.0883. The predicted molar refractivity (Wildman–Crippen MR) is 114 cm³/mol. The van der Waals surface area contributed by atoms with Crippen molar-refractivity contribution in [2.45, 2.75) is 39.2 Å². The van der Waals surface area contributed by atoms with Crippen LogP contribution in [0.2, 0.25) is 0 Å². The molecule has 0 bridgehead atoms. The molecule has 0 unspecified atom stereocenters. The molecule has 152 valence electrons. The van der Waals surface area contributed by atoms with Crippen LogP contribution in [0.15, 0.2) is 54.6 Å². The predicted octanol–water partition coefficient (Wildman–Crippen LogP) is 4.87. The van der Waals surface area contributed by atoms with E-state index in [1.807, 2.05) is 42.5 Å². The first-order valence-electron chi connectivity index (χ1n) is 9.75. The number of benzene rings is 2. The van der Waals surface area contributed by atoms with Gasteiger partial charge in [-0.2, -0.15) is 0 Å². The molecule has 0 aliphatic heterocycles. The number of aryl methyl sites for hydroxylation is 1. The zero-order chi connectivity index (χ0) is 20.3. The molecule has 0 saturated heterocycles. The summed E-state index contributed by atoms with van der Waals surface area (Å²) < 4.78 is 11.3. The van der Waals surface area contributed by atoms with Crippen LogP contribution >= 0.6 is 11.3 Å². The van der Waals surface area contributed by atoms with E-state index in [1.54, 1.807) is 12.1 Å². The average molecular weight is 412 g/mol. The number of amides is 1. The van der Waals surface area contributed by atoms with Gasteiger partial charge in [-0.1, -0.05) is 61.4 Å². The van der Waals surface area contributed by atoms with Crippen LogP contribution in [-0.4, -0.2) is 22.7 Å². The Hall–Kier alpha value is -2.93. The lowest BCUT2D eigenvalue weighted by Crippen LogP contribution is -2.20. The van der Waals surface area contributed by atoms with Gasteiger partial charge in [0.15, 0.2) is 6.61 Å². The fourth-order valence-corrected chi connectivity index (χ4v) is 3.41. The van der Waals surface area contributed by atoms with E-state index in [4.69, 9.17) is 9.47 Å². The third kappa shape index (κ3) is 7.19. The highest BCUT2D eigenvalue weighted by Gasteiger charge is 2.09. The monoisotopic (exact) mass is 411 g/mol. The van der Waals surface area contributed by atoms with Gasteiger partial charge in [0.2, 0.25) is 5.13 Å². The van der Waals surface area contributed by atoms with E-state index >= 15 is 0 Å². The minimum atomic E-state index is -0.259. The van der Waals surface area contributed by atoms with Gasteiger partial charge in [0.1, 0.15) is 23.1 Å². The smallest absolute Gasteiger partial charge is 0.264 e. The van der Waals surface area contributed by atoms with Gasteiger partial charge < -0.3 is 9.47 Å². The highest BCUT2D eigenvalue weighted by Crippen LogP contribution is 2.20. The van der Waals surface area contributed by atoms with Crippen molar-refractivity contribution in [1.29, 1.82) is 0 Å². The molecule has 3 aromatic rings. The molecule has 3 rings (SSSR count). The molecule has 0 fully saturated rings. The van der Waals surface area contributed by atoms with Gasteiger partial charge in [-0.15, -0.1) is 10.2 Å². The molecule has 1 N–H and O–H groups in total. The molecular weight excluding hydrogens is 386 g/mol. The zero-order valence-corrected chi connectivity index (χ0v) is 17.3.